The van der Waals surface area contributed by atoms with Crippen LogP contribution >= 0.6 is 0 Å². The van der Waals surface area contributed by atoms with E-state index in [0.717, 1.165) is 16.8 Å². The molecule has 2 amide bonds. The van der Waals surface area contributed by atoms with Gasteiger partial charge in [0.15, 0.2) is 0 Å². The van der Waals surface area contributed by atoms with Gasteiger partial charge in [0, 0.05) is 5.70 Å². The molecule has 2 aliphatic heterocycles. The van der Waals surface area contributed by atoms with Crippen LogP contribution in [0.5, 0.6) is 5.75 Å². The zero-order valence-corrected chi connectivity index (χ0v) is 15.7. The van der Waals surface area contributed by atoms with E-state index in [1.807, 2.05) is 13.0 Å². The van der Waals surface area contributed by atoms with Gasteiger partial charge in [0.25, 0.3) is 0 Å². The molecule has 1 unspecified atom stereocenters. The van der Waals surface area contributed by atoms with Crippen molar-refractivity contribution in [3.63, 3.8) is 0 Å². The Bertz CT molecular complexity index is 781. The van der Waals surface area contributed by atoms with Gasteiger partial charge in [-0.25, -0.2) is 9.79 Å². The summed E-state index contributed by atoms with van der Waals surface area (Å²) in [5.74, 6) is 1.37. The summed E-state index contributed by atoms with van der Waals surface area (Å²) in [7, 11) is 0. The number of amides is 2. The van der Waals surface area contributed by atoms with Crippen LogP contribution in [0.3, 0.4) is 0 Å². The monoisotopic (exact) mass is 369 g/mol. The first-order chi connectivity index (χ1) is 13.2. The first-order valence-electron chi connectivity index (χ1n) is 9.96. The van der Waals surface area contributed by atoms with E-state index in [9.17, 15) is 9.90 Å². The third kappa shape index (κ3) is 3.66. The number of carbonyl (C=O) groups excluding carboxylic acids is 1. The molecule has 4 rings (SSSR count). The molecule has 144 valence electrons. The topological polar surface area (TPSA) is 83.0 Å². The van der Waals surface area contributed by atoms with Gasteiger partial charge >= 0.3 is 6.03 Å². The molecule has 2 heterocycles. The Morgan fingerprint density at radius 3 is 2.81 bits per heavy atom. The second-order valence-electron chi connectivity index (χ2n) is 7.57. The van der Waals surface area contributed by atoms with Crippen molar-refractivity contribution < 1.29 is 14.6 Å². The number of ether oxygens (including phenoxy) is 1. The number of phenolic OH excluding ortho intramolecular Hbond substituents is 1. The van der Waals surface area contributed by atoms with Crippen molar-refractivity contribution >= 4 is 11.9 Å². The Kier molecular flexibility index (Phi) is 5.05. The molecule has 3 aliphatic rings. The van der Waals surface area contributed by atoms with Gasteiger partial charge in [-0.2, -0.15) is 0 Å². The quantitative estimate of drug-likeness (QED) is 0.755. The van der Waals surface area contributed by atoms with Crippen LogP contribution in [0, 0.1) is 5.92 Å². The molecule has 1 aromatic carbocycles. The molecule has 0 saturated heterocycles. The maximum absolute atomic E-state index is 12.2. The van der Waals surface area contributed by atoms with E-state index < -0.39 is 0 Å². The number of phenols is 1. The minimum absolute atomic E-state index is 0.133. The lowest BCUT2D eigenvalue weighted by molar-refractivity contribution is 0.122. The number of aliphatic imine (C=N–C) groups is 1. The minimum Gasteiger partial charge on any atom is -0.508 e. The van der Waals surface area contributed by atoms with Gasteiger partial charge in [0.1, 0.15) is 11.9 Å². The number of carbonyl (C=O) groups is 1. The van der Waals surface area contributed by atoms with Crippen molar-refractivity contribution in [1.29, 1.82) is 0 Å². The third-order valence-corrected chi connectivity index (χ3v) is 5.79. The predicted octanol–water partition coefficient (Wildman–Crippen LogP) is 3.79. The summed E-state index contributed by atoms with van der Waals surface area (Å²) in [5, 5.41) is 15.8. The zero-order chi connectivity index (χ0) is 18.8. The van der Waals surface area contributed by atoms with Crippen LogP contribution in [0.25, 0.3) is 0 Å². The molecule has 2 atom stereocenters. The second-order valence-corrected chi connectivity index (χ2v) is 7.57. The van der Waals surface area contributed by atoms with Crippen molar-refractivity contribution in [2.24, 2.45) is 10.9 Å². The number of hydrogen-bond acceptors (Lipinski definition) is 4. The number of rotatable bonds is 4. The fraction of sp³-hybridized carbons (Fsp3) is 0.524. The van der Waals surface area contributed by atoms with Gasteiger partial charge in [-0.15, -0.1) is 0 Å². The van der Waals surface area contributed by atoms with E-state index >= 15 is 0 Å². The number of aromatic hydroxyl groups is 1. The lowest BCUT2D eigenvalue weighted by Crippen LogP contribution is -2.45. The first kappa shape index (κ1) is 17.9. The van der Waals surface area contributed by atoms with Crippen LogP contribution in [0.15, 0.2) is 40.5 Å². The number of benzene rings is 1. The summed E-state index contributed by atoms with van der Waals surface area (Å²) < 4.78 is 6.33. The molecule has 1 fully saturated rings. The fourth-order valence-electron chi connectivity index (χ4n) is 4.39. The summed E-state index contributed by atoms with van der Waals surface area (Å²) in [6.07, 6.45) is 7.08. The van der Waals surface area contributed by atoms with Crippen molar-refractivity contribution in [2.45, 2.75) is 57.6 Å². The Hall–Kier alpha value is -2.50. The molecule has 6 nitrogen and oxygen atoms in total. The smallest absolute Gasteiger partial charge is 0.319 e. The summed E-state index contributed by atoms with van der Waals surface area (Å²) in [4.78, 5) is 16.9. The van der Waals surface area contributed by atoms with Crippen molar-refractivity contribution in [1.82, 2.24) is 10.6 Å². The molecule has 0 radical (unpaired) electrons. The Balaban J connectivity index is 1.63. The Morgan fingerprint density at radius 2 is 2.07 bits per heavy atom. The lowest BCUT2D eigenvalue weighted by Gasteiger charge is -2.31. The summed E-state index contributed by atoms with van der Waals surface area (Å²) >= 11 is 0. The average Bonchev–Trinajstić information content (AvgIpc) is 3.17. The molecule has 0 spiro atoms. The second kappa shape index (κ2) is 7.62. The van der Waals surface area contributed by atoms with Gasteiger partial charge in [0.05, 0.1) is 18.2 Å². The number of nitrogens with one attached hydrogen (secondary N) is 2. The zero-order valence-electron chi connectivity index (χ0n) is 15.7. The van der Waals surface area contributed by atoms with Gasteiger partial charge in [-0.3, -0.25) is 0 Å². The van der Waals surface area contributed by atoms with Crippen LogP contribution in [-0.4, -0.2) is 29.7 Å². The lowest BCUT2D eigenvalue weighted by atomic mass is 9.85. The van der Waals surface area contributed by atoms with Gasteiger partial charge in [0.2, 0.25) is 5.90 Å². The van der Waals surface area contributed by atoms with E-state index in [0.29, 0.717) is 24.8 Å². The summed E-state index contributed by atoms with van der Waals surface area (Å²) in [6.45, 7) is 2.69. The summed E-state index contributed by atoms with van der Waals surface area (Å²) in [5.41, 5.74) is 2.52. The van der Waals surface area contributed by atoms with Crippen molar-refractivity contribution in [2.75, 3.05) is 6.54 Å². The largest absolute Gasteiger partial charge is 0.508 e. The number of allylic oxidation sites excluding steroid dienone is 1. The summed E-state index contributed by atoms with van der Waals surface area (Å²) in [6, 6.07) is 6.36. The Labute approximate surface area is 159 Å². The van der Waals surface area contributed by atoms with E-state index in [2.05, 4.69) is 10.6 Å². The molecule has 1 aromatic rings. The molecule has 0 aromatic heterocycles. The highest BCUT2D eigenvalue weighted by atomic mass is 16.5. The van der Waals surface area contributed by atoms with E-state index in [1.165, 1.54) is 32.1 Å². The molecule has 1 aliphatic carbocycles. The van der Waals surface area contributed by atoms with Crippen molar-refractivity contribution in [3.05, 3.63) is 41.1 Å². The predicted molar refractivity (Wildman–Crippen MR) is 104 cm³/mol. The molecular weight excluding hydrogens is 342 g/mol. The van der Waals surface area contributed by atoms with Gasteiger partial charge in [-0.1, -0.05) is 38.3 Å². The third-order valence-electron chi connectivity index (χ3n) is 5.79. The Morgan fingerprint density at radius 1 is 1.26 bits per heavy atom. The maximum atomic E-state index is 12.2. The SMILES string of the molecule is CCC1=C(C2=NC[C@H](C3CCCCC3)O2)C(c2cccc(O)c2)NC(=O)N1. The highest BCUT2D eigenvalue weighted by Gasteiger charge is 2.37. The fourth-order valence-corrected chi connectivity index (χ4v) is 4.39. The first-order valence-corrected chi connectivity index (χ1v) is 9.96. The normalized spacial score (nSPS) is 26.3. The highest BCUT2D eigenvalue weighted by Crippen LogP contribution is 2.35. The van der Waals surface area contributed by atoms with E-state index in [4.69, 9.17) is 9.73 Å². The number of urea groups is 1. The molecule has 0 bridgehead atoms. The number of hydrogen-bond donors (Lipinski definition) is 3. The van der Waals surface area contributed by atoms with Crippen LogP contribution in [-0.2, 0) is 4.74 Å². The standard InChI is InChI=1S/C21H27N3O3/c1-2-16-18(20-22-12-17(27-20)13-7-4-3-5-8-13)19(24-21(26)23-16)14-9-6-10-15(25)11-14/h6,9-11,13,17,19,25H,2-5,7-8,12H2,1H3,(H2,23,24,26)/t17-,19?/m1/s1. The van der Waals surface area contributed by atoms with Crippen LogP contribution in [0.2, 0.25) is 0 Å². The average molecular weight is 369 g/mol. The number of nitrogens with zero attached hydrogens (tertiary/aromatic N) is 1. The molecule has 1 saturated carbocycles. The van der Waals surface area contributed by atoms with Gasteiger partial charge < -0.3 is 20.5 Å². The highest BCUT2D eigenvalue weighted by molar-refractivity contribution is 5.99. The van der Waals surface area contributed by atoms with E-state index in [1.54, 1.807) is 18.2 Å². The van der Waals surface area contributed by atoms with Crippen molar-refractivity contribution in [3.8, 4) is 5.75 Å². The molecule has 6 heteroatoms. The van der Waals surface area contributed by atoms with Crippen LogP contribution in [0.1, 0.15) is 57.1 Å². The van der Waals surface area contributed by atoms with E-state index in [-0.39, 0.29) is 23.9 Å². The minimum atomic E-state index is -0.385. The van der Waals surface area contributed by atoms with Gasteiger partial charge in [-0.05, 0) is 42.9 Å². The molecule has 3 N–H and O–H groups in total. The van der Waals surface area contributed by atoms with Crippen LogP contribution in [0.4, 0.5) is 4.79 Å². The van der Waals surface area contributed by atoms with Crippen LogP contribution < -0.4 is 10.6 Å². The molecular formula is C21H27N3O3. The maximum Gasteiger partial charge on any atom is 0.319 e. The molecule has 27 heavy (non-hydrogen) atoms.